The Morgan fingerprint density at radius 3 is 2.40 bits per heavy atom. The SMILES string of the molecule is Cc1ccc(Nc2cc(N(C)C)nc(N3CCN(c4ccccn4)CC3)n2)cc1Br. The summed E-state index contributed by atoms with van der Waals surface area (Å²) in [6, 6.07) is 14.2. The Labute approximate surface area is 185 Å². The van der Waals surface area contributed by atoms with E-state index in [1.54, 1.807) is 0 Å². The molecule has 1 aromatic carbocycles. The topological polar surface area (TPSA) is 60.4 Å². The second kappa shape index (κ2) is 8.87. The summed E-state index contributed by atoms with van der Waals surface area (Å²) in [6.07, 6.45) is 1.84. The highest BCUT2D eigenvalue weighted by Gasteiger charge is 2.21. The molecule has 1 aliphatic rings. The third kappa shape index (κ3) is 4.64. The molecule has 0 spiro atoms. The number of anilines is 5. The number of halogens is 1. The molecule has 0 unspecified atom stereocenters. The lowest BCUT2D eigenvalue weighted by Gasteiger charge is -2.35. The lowest BCUT2D eigenvalue weighted by Crippen LogP contribution is -2.47. The smallest absolute Gasteiger partial charge is 0.229 e. The summed E-state index contributed by atoms with van der Waals surface area (Å²) in [6.45, 7) is 5.55. The first-order valence-corrected chi connectivity index (χ1v) is 10.8. The third-order valence-electron chi connectivity index (χ3n) is 5.14. The van der Waals surface area contributed by atoms with E-state index in [2.05, 4.69) is 67.2 Å². The molecule has 0 bridgehead atoms. The Hall–Kier alpha value is -2.87. The van der Waals surface area contributed by atoms with Crippen molar-refractivity contribution in [3.63, 3.8) is 0 Å². The number of aryl methyl sites for hydroxylation is 1. The molecule has 3 aromatic rings. The van der Waals surface area contributed by atoms with Crippen LogP contribution in [0.3, 0.4) is 0 Å². The van der Waals surface area contributed by atoms with Crippen LogP contribution in [0.15, 0.2) is 53.1 Å². The van der Waals surface area contributed by atoms with Gasteiger partial charge in [-0.05, 0) is 36.8 Å². The van der Waals surface area contributed by atoms with E-state index in [1.165, 1.54) is 5.56 Å². The first-order chi connectivity index (χ1) is 14.5. The third-order valence-corrected chi connectivity index (χ3v) is 5.99. The van der Waals surface area contributed by atoms with Gasteiger partial charge in [0.1, 0.15) is 17.5 Å². The minimum Gasteiger partial charge on any atom is -0.363 e. The average Bonchev–Trinajstić information content (AvgIpc) is 2.77. The molecule has 156 valence electrons. The van der Waals surface area contributed by atoms with Gasteiger partial charge in [0.2, 0.25) is 5.95 Å². The molecule has 0 radical (unpaired) electrons. The second-order valence-electron chi connectivity index (χ2n) is 7.56. The zero-order valence-electron chi connectivity index (χ0n) is 17.5. The molecular weight excluding hydrogens is 442 g/mol. The van der Waals surface area contributed by atoms with E-state index in [0.29, 0.717) is 0 Å². The van der Waals surface area contributed by atoms with E-state index < -0.39 is 0 Å². The largest absolute Gasteiger partial charge is 0.363 e. The van der Waals surface area contributed by atoms with Crippen LogP contribution >= 0.6 is 15.9 Å². The Bertz CT molecular complexity index is 1000. The molecule has 4 rings (SSSR count). The number of hydrogen-bond donors (Lipinski definition) is 1. The first-order valence-electron chi connectivity index (χ1n) is 10.00. The summed E-state index contributed by atoms with van der Waals surface area (Å²) < 4.78 is 1.07. The van der Waals surface area contributed by atoms with Crippen molar-refractivity contribution in [2.75, 3.05) is 60.3 Å². The van der Waals surface area contributed by atoms with Crippen LogP contribution in [0.5, 0.6) is 0 Å². The molecule has 30 heavy (non-hydrogen) atoms. The number of pyridine rings is 1. The van der Waals surface area contributed by atoms with Crippen molar-refractivity contribution in [3.05, 3.63) is 58.7 Å². The highest BCUT2D eigenvalue weighted by atomic mass is 79.9. The molecule has 2 aromatic heterocycles. The van der Waals surface area contributed by atoms with Crippen LogP contribution in [0.1, 0.15) is 5.56 Å². The molecule has 3 heterocycles. The minimum absolute atomic E-state index is 0.746. The van der Waals surface area contributed by atoms with Crippen LogP contribution in [0.2, 0.25) is 0 Å². The summed E-state index contributed by atoms with van der Waals surface area (Å²) in [5.41, 5.74) is 2.19. The number of benzene rings is 1. The van der Waals surface area contributed by atoms with Gasteiger partial charge in [-0.15, -0.1) is 0 Å². The predicted octanol–water partition coefficient (Wildman–Crippen LogP) is 4.08. The van der Waals surface area contributed by atoms with E-state index in [9.17, 15) is 0 Å². The highest BCUT2D eigenvalue weighted by Crippen LogP contribution is 2.26. The summed E-state index contributed by atoms with van der Waals surface area (Å²) >= 11 is 3.60. The van der Waals surface area contributed by atoms with Crippen LogP contribution in [0, 0.1) is 6.92 Å². The monoisotopic (exact) mass is 467 g/mol. The molecule has 0 saturated carbocycles. The number of nitrogens with zero attached hydrogens (tertiary/aromatic N) is 6. The molecule has 0 amide bonds. The fourth-order valence-electron chi connectivity index (χ4n) is 3.35. The van der Waals surface area contributed by atoms with Crippen LogP contribution in [0.4, 0.5) is 29.1 Å². The lowest BCUT2D eigenvalue weighted by atomic mass is 10.2. The van der Waals surface area contributed by atoms with Crippen molar-refractivity contribution in [1.82, 2.24) is 15.0 Å². The quantitative estimate of drug-likeness (QED) is 0.606. The number of hydrogen-bond acceptors (Lipinski definition) is 7. The zero-order valence-corrected chi connectivity index (χ0v) is 19.1. The first kappa shape index (κ1) is 20.4. The summed E-state index contributed by atoms with van der Waals surface area (Å²) in [7, 11) is 3.99. The van der Waals surface area contributed by atoms with Gasteiger partial charge >= 0.3 is 0 Å². The molecule has 1 fully saturated rings. The number of rotatable bonds is 5. The molecule has 1 saturated heterocycles. The van der Waals surface area contributed by atoms with Crippen molar-refractivity contribution in [3.8, 4) is 0 Å². The summed E-state index contributed by atoms with van der Waals surface area (Å²) in [5, 5.41) is 3.43. The molecule has 0 atom stereocenters. The van der Waals surface area contributed by atoms with Crippen LogP contribution in [0.25, 0.3) is 0 Å². The number of aromatic nitrogens is 3. The van der Waals surface area contributed by atoms with Gasteiger partial charge in [-0.3, -0.25) is 0 Å². The van der Waals surface area contributed by atoms with Crippen molar-refractivity contribution in [2.24, 2.45) is 0 Å². The Morgan fingerprint density at radius 1 is 0.967 bits per heavy atom. The van der Waals surface area contributed by atoms with E-state index in [0.717, 1.165) is 59.7 Å². The number of nitrogens with one attached hydrogen (secondary N) is 1. The average molecular weight is 468 g/mol. The van der Waals surface area contributed by atoms with Gasteiger partial charge in [0.15, 0.2) is 0 Å². The van der Waals surface area contributed by atoms with Gasteiger partial charge < -0.3 is 20.0 Å². The van der Waals surface area contributed by atoms with Crippen LogP contribution < -0.4 is 20.0 Å². The Kier molecular flexibility index (Phi) is 6.03. The maximum absolute atomic E-state index is 4.81. The number of piperazine rings is 1. The maximum Gasteiger partial charge on any atom is 0.229 e. The Balaban J connectivity index is 1.53. The van der Waals surface area contributed by atoms with Gasteiger partial charge in [-0.25, -0.2) is 4.98 Å². The molecule has 7 nitrogen and oxygen atoms in total. The molecule has 8 heteroatoms. The van der Waals surface area contributed by atoms with E-state index in [1.807, 2.05) is 43.4 Å². The van der Waals surface area contributed by atoms with E-state index in [4.69, 9.17) is 9.97 Å². The van der Waals surface area contributed by atoms with Crippen molar-refractivity contribution in [1.29, 1.82) is 0 Å². The fraction of sp³-hybridized carbons (Fsp3) is 0.318. The van der Waals surface area contributed by atoms with Crippen molar-refractivity contribution in [2.45, 2.75) is 6.92 Å². The van der Waals surface area contributed by atoms with Crippen LogP contribution in [-0.2, 0) is 0 Å². The standard InChI is InChI=1S/C22H26BrN7/c1-16-7-8-17(14-18(16)23)25-19-15-21(28(2)3)27-22(26-19)30-12-10-29(11-13-30)20-6-4-5-9-24-20/h4-9,14-15H,10-13H2,1-3H3,(H,25,26,27). The van der Waals surface area contributed by atoms with Gasteiger partial charge in [-0.2, -0.15) is 9.97 Å². The summed E-state index contributed by atoms with van der Waals surface area (Å²) in [5.74, 6) is 3.43. The molecule has 0 aliphatic carbocycles. The minimum atomic E-state index is 0.746. The predicted molar refractivity (Wildman–Crippen MR) is 127 cm³/mol. The lowest BCUT2D eigenvalue weighted by molar-refractivity contribution is 0.635. The fourth-order valence-corrected chi connectivity index (χ4v) is 3.73. The summed E-state index contributed by atoms with van der Waals surface area (Å²) in [4.78, 5) is 20.6. The van der Waals surface area contributed by atoms with Crippen molar-refractivity contribution < 1.29 is 0 Å². The van der Waals surface area contributed by atoms with Gasteiger partial charge in [0.05, 0.1) is 0 Å². The van der Waals surface area contributed by atoms with E-state index in [-0.39, 0.29) is 0 Å². The highest BCUT2D eigenvalue weighted by molar-refractivity contribution is 9.10. The molecule has 1 aliphatic heterocycles. The van der Waals surface area contributed by atoms with E-state index >= 15 is 0 Å². The molecule has 1 N–H and O–H groups in total. The zero-order chi connectivity index (χ0) is 21.1. The van der Waals surface area contributed by atoms with Gasteiger partial charge in [0.25, 0.3) is 0 Å². The second-order valence-corrected chi connectivity index (χ2v) is 8.41. The Morgan fingerprint density at radius 2 is 1.73 bits per heavy atom. The van der Waals surface area contributed by atoms with Crippen LogP contribution in [-0.4, -0.2) is 55.2 Å². The van der Waals surface area contributed by atoms with Gasteiger partial charge in [0, 0.05) is 62.7 Å². The maximum atomic E-state index is 4.81. The molecular formula is C22H26BrN7. The van der Waals surface area contributed by atoms with Gasteiger partial charge in [-0.1, -0.05) is 28.1 Å². The normalized spacial score (nSPS) is 14.0. The van der Waals surface area contributed by atoms with Crippen molar-refractivity contribution >= 4 is 45.0 Å².